The second-order valence-electron chi connectivity index (χ2n) is 6.50. The van der Waals surface area contributed by atoms with E-state index < -0.39 is 6.10 Å². The molecule has 1 aliphatic carbocycles. The number of benzene rings is 1. The van der Waals surface area contributed by atoms with Gasteiger partial charge in [0.25, 0.3) is 0 Å². The number of aliphatic hydroxyl groups is 1. The Morgan fingerprint density at radius 2 is 1.96 bits per heavy atom. The average Bonchev–Trinajstić information content (AvgIpc) is 2.96. The Labute approximate surface area is 141 Å². The Kier molecular flexibility index (Phi) is 5.35. The smallest absolute Gasteiger partial charge is 0.243 e. The minimum Gasteiger partial charge on any atom is -0.488 e. The highest BCUT2D eigenvalue weighted by Crippen LogP contribution is 2.25. The van der Waals surface area contributed by atoms with E-state index in [4.69, 9.17) is 4.74 Å². The third kappa shape index (κ3) is 4.26. The molecule has 0 bridgehead atoms. The van der Waals surface area contributed by atoms with E-state index in [0.717, 1.165) is 32.1 Å². The molecular formula is C18H24N2O4. The molecule has 1 aliphatic heterocycles. The molecule has 1 aromatic rings. The molecule has 0 aromatic heterocycles. The molecule has 0 unspecified atom stereocenters. The fourth-order valence-electron chi connectivity index (χ4n) is 3.25. The van der Waals surface area contributed by atoms with Gasteiger partial charge in [0.2, 0.25) is 11.8 Å². The monoisotopic (exact) mass is 332 g/mol. The van der Waals surface area contributed by atoms with Gasteiger partial charge in [0.15, 0.2) is 0 Å². The minimum atomic E-state index is -0.406. The molecule has 2 fully saturated rings. The number of anilines is 1. The van der Waals surface area contributed by atoms with Gasteiger partial charge < -0.3 is 20.1 Å². The number of aliphatic hydroxyl groups excluding tert-OH is 1. The number of ether oxygens (including phenoxy) is 1. The van der Waals surface area contributed by atoms with Gasteiger partial charge in [0, 0.05) is 18.7 Å². The molecule has 6 heteroatoms. The van der Waals surface area contributed by atoms with Gasteiger partial charge >= 0.3 is 0 Å². The molecule has 2 N–H and O–H groups in total. The Morgan fingerprint density at radius 1 is 1.21 bits per heavy atom. The Hall–Kier alpha value is -2.08. The molecule has 1 heterocycles. The average molecular weight is 332 g/mol. The number of hydrogen-bond donors (Lipinski definition) is 2. The quantitative estimate of drug-likeness (QED) is 0.863. The molecule has 130 valence electrons. The zero-order valence-electron chi connectivity index (χ0n) is 13.7. The number of rotatable bonds is 5. The zero-order chi connectivity index (χ0) is 16.9. The predicted molar refractivity (Wildman–Crippen MR) is 89.8 cm³/mol. The van der Waals surface area contributed by atoms with Gasteiger partial charge in [-0.1, -0.05) is 6.42 Å². The zero-order valence-corrected chi connectivity index (χ0v) is 13.7. The summed E-state index contributed by atoms with van der Waals surface area (Å²) in [5, 5.41) is 12.7. The highest BCUT2D eigenvalue weighted by molar-refractivity contribution is 5.94. The summed E-state index contributed by atoms with van der Waals surface area (Å²) < 4.78 is 5.83. The second kappa shape index (κ2) is 7.66. The molecule has 1 aromatic carbocycles. The van der Waals surface area contributed by atoms with Crippen LogP contribution in [0.5, 0.6) is 5.75 Å². The van der Waals surface area contributed by atoms with Crippen molar-refractivity contribution in [1.29, 1.82) is 0 Å². The van der Waals surface area contributed by atoms with Crippen LogP contribution in [0.1, 0.15) is 38.5 Å². The van der Waals surface area contributed by atoms with Gasteiger partial charge in [-0.2, -0.15) is 0 Å². The molecular weight excluding hydrogens is 308 g/mol. The van der Waals surface area contributed by atoms with Crippen molar-refractivity contribution in [3.8, 4) is 5.75 Å². The SMILES string of the molecule is O=C(CN1CCCC1=O)Nc1ccc(O[C@H]2CCCC[C@@H]2O)cc1. The van der Waals surface area contributed by atoms with Crippen LogP contribution in [0.2, 0.25) is 0 Å². The molecule has 0 radical (unpaired) electrons. The lowest BCUT2D eigenvalue weighted by Crippen LogP contribution is -2.34. The van der Waals surface area contributed by atoms with Crippen LogP contribution in [-0.2, 0) is 9.59 Å². The van der Waals surface area contributed by atoms with E-state index in [1.54, 1.807) is 29.2 Å². The summed E-state index contributed by atoms with van der Waals surface area (Å²) in [6.07, 6.45) is 4.57. The van der Waals surface area contributed by atoms with Crippen LogP contribution in [0.15, 0.2) is 24.3 Å². The first-order valence-electron chi connectivity index (χ1n) is 8.64. The Bertz CT molecular complexity index is 587. The normalized spacial score (nSPS) is 24.0. The van der Waals surface area contributed by atoms with Gasteiger partial charge in [0.05, 0.1) is 12.6 Å². The maximum Gasteiger partial charge on any atom is 0.243 e. The van der Waals surface area contributed by atoms with Crippen LogP contribution in [0.25, 0.3) is 0 Å². The summed E-state index contributed by atoms with van der Waals surface area (Å²) in [5.74, 6) is 0.537. The van der Waals surface area contributed by atoms with E-state index in [1.165, 1.54) is 0 Å². The van der Waals surface area contributed by atoms with Crippen LogP contribution in [-0.4, -0.2) is 47.1 Å². The summed E-state index contributed by atoms with van der Waals surface area (Å²) >= 11 is 0. The molecule has 1 saturated heterocycles. The molecule has 2 amide bonds. The van der Waals surface area contributed by atoms with E-state index in [1.807, 2.05) is 0 Å². The van der Waals surface area contributed by atoms with Crippen LogP contribution in [0.4, 0.5) is 5.69 Å². The summed E-state index contributed by atoms with van der Waals surface area (Å²) in [6, 6.07) is 7.12. The standard InChI is InChI=1S/C18H24N2O4/c21-15-4-1-2-5-16(15)24-14-9-7-13(8-10-14)19-17(22)12-20-11-3-6-18(20)23/h7-10,15-16,21H,1-6,11-12H2,(H,19,22)/t15-,16-/m0/s1. The highest BCUT2D eigenvalue weighted by Gasteiger charge is 2.25. The fourth-order valence-corrected chi connectivity index (χ4v) is 3.25. The number of carbonyl (C=O) groups excluding carboxylic acids is 2. The lowest BCUT2D eigenvalue weighted by molar-refractivity contribution is -0.131. The maximum absolute atomic E-state index is 12.0. The van der Waals surface area contributed by atoms with Crippen LogP contribution in [0.3, 0.4) is 0 Å². The van der Waals surface area contributed by atoms with Gasteiger partial charge in [-0.15, -0.1) is 0 Å². The maximum atomic E-state index is 12.0. The van der Waals surface area contributed by atoms with Crippen molar-refractivity contribution in [3.63, 3.8) is 0 Å². The van der Waals surface area contributed by atoms with Gasteiger partial charge in [-0.25, -0.2) is 0 Å². The van der Waals surface area contributed by atoms with Gasteiger partial charge in [0.1, 0.15) is 11.9 Å². The molecule has 1 saturated carbocycles. The van der Waals surface area contributed by atoms with Crippen molar-refractivity contribution in [2.75, 3.05) is 18.4 Å². The summed E-state index contributed by atoms with van der Waals surface area (Å²) in [6.45, 7) is 0.758. The summed E-state index contributed by atoms with van der Waals surface area (Å²) in [7, 11) is 0. The lowest BCUT2D eigenvalue weighted by Gasteiger charge is -2.28. The van der Waals surface area contributed by atoms with E-state index in [2.05, 4.69) is 5.32 Å². The van der Waals surface area contributed by atoms with Crippen LogP contribution >= 0.6 is 0 Å². The van der Waals surface area contributed by atoms with Crippen molar-refractivity contribution in [3.05, 3.63) is 24.3 Å². The van der Waals surface area contributed by atoms with E-state index >= 15 is 0 Å². The van der Waals surface area contributed by atoms with Crippen molar-refractivity contribution in [2.24, 2.45) is 0 Å². The Balaban J connectivity index is 1.50. The first kappa shape index (κ1) is 16.8. The van der Waals surface area contributed by atoms with Gasteiger partial charge in [-0.3, -0.25) is 9.59 Å². The van der Waals surface area contributed by atoms with Crippen molar-refractivity contribution in [2.45, 2.75) is 50.7 Å². The van der Waals surface area contributed by atoms with Crippen LogP contribution in [0, 0.1) is 0 Å². The molecule has 6 nitrogen and oxygen atoms in total. The molecule has 0 spiro atoms. The number of likely N-dealkylation sites (tertiary alicyclic amines) is 1. The topological polar surface area (TPSA) is 78.9 Å². The third-order valence-corrected chi connectivity index (χ3v) is 4.60. The Morgan fingerprint density at radius 3 is 2.62 bits per heavy atom. The number of carbonyl (C=O) groups is 2. The van der Waals surface area contributed by atoms with E-state index in [-0.39, 0.29) is 24.5 Å². The second-order valence-corrected chi connectivity index (χ2v) is 6.50. The van der Waals surface area contributed by atoms with Crippen molar-refractivity contribution in [1.82, 2.24) is 4.90 Å². The first-order chi connectivity index (χ1) is 11.6. The predicted octanol–water partition coefficient (Wildman–Crippen LogP) is 1.93. The van der Waals surface area contributed by atoms with E-state index in [9.17, 15) is 14.7 Å². The summed E-state index contributed by atoms with van der Waals surface area (Å²) in [5.41, 5.74) is 0.670. The highest BCUT2D eigenvalue weighted by atomic mass is 16.5. The largest absolute Gasteiger partial charge is 0.488 e. The number of amides is 2. The third-order valence-electron chi connectivity index (χ3n) is 4.60. The minimum absolute atomic E-state index is 0.0416. The van der Waals surface area contributed by atoms with Crippen molar-refractivity contribution < 1.29 is 19.4 Å². The molecule has 2 aliphatic rings. The fraction of sp³-hybridized carbons (Fsp3) is 0.556. The molecule has 2 atom stereocenters. The summed E-state index contributed by atoms with van der Waals surface area (Å²) in [4.78, 5) is 25.1. The lowest BCUT2D eigenvalue weighted by atomic mass is 9.95. The number of hydrogen-bond acceptors (Lipinski definition) is 4. The van der Waals surface area contributed by atoms with Crippen LogP contribution < -0.4 is 10.1 Å². The number of nitrogens with zero attached hydrogens (tertiary/aromatic N) is 1. The molecule has 24 heavy (non-hydrogen) atoms. The molecule has 3 rings (SSSR count). The van der Waals surface area contributed by atoms with Gasteiger partial charge in [-0.05, 0) is 49.9 Å². The number of nitrogens with one attached hydrogen (secondary N) is 1. The van der Waals surface area contributed by atoms with E-state index in [0.29, 0.717) is 24.4 Å². The van der Waals surface area contributed by atoms with Crippen molar-refractivity contribution >= 4 is 17.5 Å². The first-order valence-corrected chi connectivity index (χ1v) is 8.64.